The van der Waals surface area contributed by atoms with Crippen molar-refractivity contribution in [2.24, 2.45) is 10.9 Å². The molecule has 0 atom stereocenters. The number of hydrogen-bond donors (Lipinski definition) is 0. The van der Waals surface area contributed by atoms with Crippen molar-refractivity contribution >= 4 is 6.21 Å². The van der Waals surface area contributed by atoms with Gasteiger partial charge in [-0.2, -0.15) is 5.10 Å². The van der Waals surface area contributed by atoms with E-state index < -0.39 is 0 Å². The van der Waals surface area contributed by atoms with Crippen LogP contribution in [0.2, 0.25) is 0 Å². The molecule has 0 aromatic carbocycles. The number of aryl methyl sites for hydroxylation is 2. The molecule has 1 aromatic rings. The fourth-order valence-corrected chi connectivity index (χ4v) is 2.63. The highest BCUT2D eigenvalue weighted by Gasteiger charge is 2.22. The summed E-state index contributed by atoms with van der Waals surface area (Å²) in [6.45, 7) is 7.39. The zero-order valence-corrected chi connectivity index (χ0v) is 11.9. The molecule has 0 N–H and O–H groups in total. The quantitative estimate of drug-likeness (QED) is 0.746. The topological polar surface area (TPSA) is 30.2 Å². The van der Waals surface area contributed by atoms with E-state index in [0.717, 1.165) is 13.0 Å². The number of aliphatic imine (C=N–C) groups is 1. The summed E-state index contributed by atoms with van der Waals surface area (Å²) in [4.78, 5) is 4.48. The molecule has 18 heavy (non-hydrogen) atoms. The Kier molecular flexibility index (Phi) is 4.56. The molecule has 3 nitrogen and oxygen atoms in total. The first-order valence-electron chi connectivity index (χ1n) is 7.23. The Morgan fingerprint density at radius 3 is 2.61 bits per heavy atom. The Morgan fingerprint density at radius 1 is 1.33 bits per heavy atom. The molecule has 0 saturated heterocycles. The Bertz CT molecular complexity index is 378. The fraction of sp³-hybridized carbons (Fsp3) is 0.733. The molecule has 1 heterocycles. The summed E-state index contributed by atoms with van der Waals surface area (Å²) in [6, 6.07) is 0.605. The Labute approximate surface area is 110 Å². The maximum atomic E-state index is 4.62. The van der Waals surface area contributed by atoms with Crippen molar-refractivity contribution < 1.29 is 0 Å². The third-order valence-corrected chi connectivity index (χ3v) is 3.95. The molecule has 0 bridgehead atoms. The summed E-state index contributed by atoms with van der Waals surface area (Å²) >= 11 is 0. The van der Waals surface area contributed by atoms with Crippen LogP contribution in [0.5, 0.6) is 0 Å². The van der Waals surface area contributed by atoms with Gasteiger partial charge in [0.25, 0.3) is 0 Å². The van der Waals surface area contributed by atoms with E-state index >= 15 is 0 Å². The number of rotatable bonds is 4. The Hall–Kier alpha value is -1.12. The monoisotopic (exact) mass is 247 g/mol. The number of aromatic nitrogens is 2. The predicted molar refractivity (Wildman–Crippen MR) is 76.3 cm³/mol. The van der Waals surface area contributed by atoms with E-state index in [2.05, 4.69) is 48.0 Å². The lowest BCUT2D eigenvalue weighted by Crippen LogP contribution is -2.19. The van der Waals surface area contributed by atoms with Crippen molar-refractivity contribution in [3.8, 4) is 0 Å². The molecule has 100 valence electrons. The third kappa shape index (κ3) is 3.21. The van der Waals surface area contributed by atoms with Crippen LogP contribution >= 0.6 is 0 Å². The van der Waals surface area contributed by atoms with Crippen LogP contribution in [0.1, 0.15) is 56.3 Å². The summed E-state index contributed by atoms with van der Waals surface area (Å²) in [7, 11) is 0. The van der Waals surface area contributed by atoms with Crippen LogP contribution in [0.4, 0.5) is 0 Å². The van der Waals surface area contributed by atoms with Gasteiger partial charge in [-0.05, 0) is 57.4 Å². The normalized spacial score (nSPS) is 24.8. The van der Waals surface area contributed by atoms with Crippen LogP contribution in [0.3, 0.4) is 0 Å². The smallest absolute Gasteiger partial charge is 0.0622 e. The van der Waals surface area contributed by atoms with Crippen LogP contribution in [-0.2, 0) is 0 Å². The molecule has 0 amide bonds. The summed E-state index contributed by atoms with van der Waals surface area (Å²) in [5.74, 6) is 0.700. The molecule has 0 radical (unpaired) electrons. The van der Waals surface area contributed by atoms with Crippen LogP contribution in [-0.4, -0.2) is 22.5 Å². The Balaban J connectivity index is 1.86. The number of nitrogens with zero attached hydrogens (tertiary/aromatic N) is 3. The third-order valence-electron chi connectivity index (χ3n) is 3.95. The molecule has 1 fully saturated rings. The molecule has 1 saturated carbocycles. The van der Waals surface area contributed by atoms with Gasteiger partial charge in [-0.15, -0.1) is 0 Å². The first-order chi connectivity index (χ1) is 8.70. The molecule has 0 spiro atoms. The van der Waals surface area contributed by atoms with E-state index in [4.69, 9.17) is 0 Å². The van der Waals surface area contributed by atoms with Gasteiger partial charge >= 0.3 is 0 Å². The molecule has 1 aromatic heterocycles. The second-order valence-electron chi connectivity index (χ2n) is 5.50. The van der Waals surface area contributed by atoms with E-state index in [1.807, 2.05) is 0 Å². The summed E-state index contributed by atoms with van der Waals surface area (Å²) in [5.41, 5.74) is 2.48. The van der Waals surface area contributed by atoms with E-state index in [9.17, 15) is 0 Å². The first-order valence-corrected chi connectivity index (χ1v) is 7.23. The highest BCUT2D eigenvalue weighted by molar-refractivity contribution is 5.60. The molecular formula is C15H25N3. The minimum atomic E-state index is 0.605. The zero-order valence-electron chi connectivity index (χ0n) is 11.9. The van der Waals surface area contributed by atoms with Crippen LogP contribution in [0, 0.1) is 19.8 Å². The first kappa shape index (κ1) is 13.3. The van der Waals surface area contributed by atoms with Gasteiger partial charge in [-0.1, -0.05) is 6.92 Å². The van der Waals surface area contributed by atoms with Gasteiger partial charge in [0.05, 0.1) is 11.7 Å². The SMILES string of the molecule is CCC/N=C/C1CCC(n2cc(C)c(C)n2)CC1. The summed E-state index contributed by atoms with van der Waals surface area (Å²) < 4.78 is 2.18. The fourth-order valence-electron chi connectivity index (χ4n) is 2.63. The largest absolute Gasteiger partial charge is 0.297 e. The van der Waals surface area contributed by atoms with Crippen molar-refractivity contribution in [2.75, 3.05) is 6.54 Å². The van der Waals surface area contributed by atoms with Gasteiger partial charge in [0.15, 0.2) is 0 Å². The maximum absolute atomic E-state index is 4.62. The molecule has 0 unspecified atom stereocenters. The average Bonchev–Trinajstić information content (AvgIpc) is 2.71. The van der Waals surface area contributed by atoms with Crippen molar-refractivity contribution in [1.82, 2.24) is 9.78 Å². The molecule has 2 rings (SSSR count). The van der Waals surface area contributed by atoms with Gasteiger partial charge in [0, 0.05) is 19.0 Å². The van der Waals surface area contributed by atoms with Crippen LogP contribution in [0.25, 0.3) is 0 Å². The molecule has 1 aliphatic rings. The second kappa shape index (κ2) is 6.17. The summed E-state index contributed by atoms with van der Waals surface area (Å²) in [5, 5.41) is 4.62. The van der Waals surface area contributed by atoms with E-state index in [1.54, 1.807) is 0 Å². The molecular weight excluding hydrogens is 222 g/mol. The highest BCUT2D eigenvalue weighted by atomic mass is 15.3. The molecule has 0 aliphatic heterocycles. The standard InChI is InChI=1S/C15H25N3/c1-4-9-16-10-14-5-7-15(8-6-14)18-11-12(2)13(3)17-18/h10-11,14-15H,4-9H2,1-3H3/b16-10+. The Morgan fingerprint density at radius 2 is 2.06 bits per heavy atom. The molecule has 3 heteroatoms. The zero-order chi connectivity index (χ0) is 13.0. The van der Waals surface area contributed by atoms with Crippen molar-refractivity contribution in [1.29, 1.82) is 0 Å². The average molecular weight is 247 g/mol. The van der Waals surface area contributed by atoms with Crippen LogP contribution in [0.15, 0.2) is 11.2 Å². The van der Waals surface area contributed by atoms with Crippen molar-refractivity contribution in [2.45, 2.75) is 58.9 Å². The van der Waals surface area contributed by atoms with Gasteiger partial charge < -0.3 is 0 Å². The maximum Gasteiger partial charge on any atom is 0.0622 e. The van der Waals surface area contributed by atoms with Gasteiger partial charge in [0.2, 0.25) is 0 Å². The minimum absolute atomic E-state index is 0.605. The lowest BCUT2D eigenvalue weighted by molar-refractivity contribution is 0.302. The van der Waals surface area contributed by atoms with E-state index in [-0.39, 0.29) is 0 Å². The predicted octanol–water partition coefficient (Wildman–Crippen LogP) is 3.71. The minimum Gasteiger partial charge on any atom is -0.297 e. The lowest BCUT2D eigenvalue weighted by atomic mass is 9.87. The molecule has 1 aliphatic carbocycles. The summed E-state index contributed by atoms with van der Waals surface area (Å²) in [6.07, 6.45) is 10.5. The highest BCUT2D eigenvalue weighted by Crippen LogP contribution is 2.31. The van der Waals surface area contributed by atoms with Crippen molar-refractivity contribution in [3.05, 3.63) is 17.5 Å². The second-order valence-corrected chi connectivity index (χ2v) is 5.50. The van der Waals surface area contributed by atoms with E-state index in [0.29, 0.717) is 12.0 Å². The van der Waals surface area contributed by atoms with Crippen molar-refractivity contribution in [3.63, 3.8) is 0 Å². The number of hydrogen-bond acceptors (Lipinski definition) is 2. The van der Waals surface area contributed by atoms with Crippen LogP contribution < -0.4 is 0 Å². The van der Waals surface area contributed by atoms with Gasteiger partial charge in [-0.25, -0.2) is 0 Å². The van der Waals surface area contributed by atoms with Gasteiger partial charge in [0.1, 0.15) is 0 Å². The lowest BCUT2D eigenvalue weighted by Gasteiger charge is -2.26. The van der Waals surface area contributed by atoms with E-state index in [1.165, 1.54) is 36.9 Å². The van der Waals surface area contributed by atoms with Gasteiger partial charge in [-0.3, -0.25) is 9.67 Å².